The smallest absolute Gasteiger partial charge is 0.256 e. The number of likely N-dealkylation sites (tertiary alicyclic amines) is 1. The summed E-state index contributed by atoms with van der Waals surface area (Å²) in [5.74, 6) is -0.0341. The van der Waals surface area contributed by atoms with Crippen molar-refractivity contribution in [1.29, 1.82) is 0 Å². The van der Waals surface area contributed by atoms with Gasteiger partial charge in [-0.2, -0.15) is 0 Å². The monoisotopic (exact) mass is 287 g/mol. The van der Waals surface area contributed by atoms with Gasteiger partial charge in [0.15, 0.2) is 0 Å². The normalized spacial score (nSPS) is 18.2. The Bertz CT molecular complexity index is 618. The van der Waals surface area contributed by atoms with Gasteiger partial charge in [-0.1, -0.05) is 17.7 Å². The van der Waals surface area contributed by atoms with Gasteiger partial charge in [-0.25, -0.2) is 0 Å². The van der Waals surface area contributed by atoms with E-state index in [0.29, 0.717) is 10.6 Å². The second-order valence-electron chi connectivity index (χ2n) is 4.80. The number of halogens is 1. The lowest BCUT2D eigenvalue weighted by Crippen LogP contribution is -2.31. The van der Waals surface area contributed by atoms with Crippen LogP contribution in [-0.2, 0) is 0 Å². The van der Waals surface area contributed by atoms with E-state index in [4.69, 9.17) is 11.6 Å². The molecule has 1 aliphatic heterocycles. The van der Waals surface area contributed by atoms with Crippen LogP contribution < -0.4 is 0 Å². The zero-order valence-corrected chi connectivity index (χ0v) is 11.6. The molecule has 0 aromatic carbocycles. The molecule has 2 aromatic rings. The predicted octanol–water partition coefficient (Wildman–Crippen LogP) is 3.11. The van der Waals surface area contributed by atoms with Gasteiger partial charge in [-0.15, -0.1) is 0 Å². The molecule has 3 rings (SSSR count). The number of pyridine rings is 2. The summed E-state index contributed by atoms with van der Waals surface area (Å²) in [5, 5.41) is 0.476. The Morgan fingerprint density at radius 3 is 3.00 bits per heavy atom. The molecule has 1 saturated heterocycles. The van der Waals surface area contributed by atoms with Gasteiger partial charge in [-0.05, 0) is 31.0 Å². The largest absolute Gasteiger partial charge is 0.330 e. The number of aromatic nitrogens is 2. The lowest BCUT2D eigenvalue weighted by molar-refractivity contribution is 0.0732. The summed E-state index contributed by atoms with van der Waals surface area (Å²) in [6.07, 6.45) is 6.77. The molecule has 2 aromatic heterocycles. The van der Waals surface area contributed by atoms with Crippen LogP contribution in [0, 0.1) is 0 Å². The van der Waals surface area contributed by atoms with Gasteiger partial charge in [0, 0.05) is 25.1 Å². The predicted molar refractivity (Wildman–Crippen MR) is 76.5 cm³/mol. The van der Waals surface area contributed by atoms with Crippen molar-refractivity contribution in [3.05, 3.63) is 59.1 Å². The highest BCUT2D eigenvalue weighted by molar-refractivity contribution is 6.30. The van der Waals surface area contributed by atoms with Crippen molar-refractivity contribution in [2.45, 2.75) is 18.9 Å². The van der Waals surface area contributed by atoms with Crippen LogP contribution in [0.15, 0.2) is 42.9 Å². The van der Waals surface area contributed by atoms with Crippen LogP contribution in [0.5, 0.6) is 0 Å². The number of amides is 1. The molecule has 1 fully saturated rings. The third-order valence-electron chi connectivity index (χ3n) is 3.49. The highest BCUT2D eigenvalue weighted by atomic mass is 35.5. The minimum Gasteiger partial charge on any atom is -0.330 e. The van der Waals surface area contributed by atoms with Crippen molar-refractivity contribution in [3.63, 3.8) is 0 Å². The fourth-order valence-corrected chi connectivity index (χ4v) is 2.76. The van der Waals surface area contributed by atoms with E-state index in [1.807, 2.05) is 23.1 Å². The van der Waals surface area contributed by atoms with Crippen molar-refractivity contribution < 1.29 is 4.79 Å². The average Bonchev–Trinajstić information content (AvgIpc) is 2.97. The highest BCUT2D eigenvalue weighted by Crippen LogP contribution is 2.31. The topological polar surface area (TPSA) is 46.1 Å². The molecule has 0 radical (unpaired) electrons. The van der Waals surface area contributed by atoms with Crippen molar-refractivity contribution in [1.82, 2.24) is 14.9 Å². The zero-order valence-electron chi connectivity index (χ0n) is 10.9. The molecule has 5 heteroatoms. The Hall–Kier alpha value is -1.94. The Balaban J connectivity index is 1.87. The van der Waals surface area contributed by atoms with E-state index in [9.17, 15) is 4.79 Å². The molecule has 1 aliphatic rings. The van der Waals surface area contributed by atoms with Gasteiger partial charge < -0.3 is 4.90 Å². The van der Waals surface area contributed by atoms with Crippen LogP contribution in [0.4, 0.5) is 0 Å². The first-order valence-electron chi connectivity index (χ1n) is 6.58. The van der Waals surface area contributed by atoms with Crippen LogP contribution in [0.25, 0.3) is 0 Å². The Morgan fingerprint density at radius 2 is 2.25 bits per heavy atom. The maximum Gasteiger partial charge on any atom is 0.256 e. The third kappa shape index (κ3) is 2.51. The van der Waals surface area contributed by atoms with E-state index in [1.54, 1.807) is 18.5 Å². The highest BCUT2D eigenvalue weighted by Gasteiger charge is 2.31. The van der Waals surface area contributed by atoms with Crippen LogP contribution in [0.1, 0.15) is 34.9 Å². The second-order valence-corrected chi connectivity index (χ2v) is 5.24. The van der Waals surface area contributed by atoms with E-state index in [0.717, 1.165) is 25.1 Å². The maximum atomic E-state index is 12.6. The molecule has 4 nitrogen and oxygen atoms in total. The molecule has 1 atom stereocenters. The zero-order chi connectivity index (χ0) is 13.9. The van der Waals surface area contributed by atoms with E-state index in [-0.39, 0.29) is 11.9 Å². The van der Waals surface area contributed by atoms with E-state index < -0.39 is 0 Å². The Labute approximate surface area is 122 Å². The van der Waals surface area contributed by atoms with E-state index >= 15 is 0 Å². The van der Waals surface area contributed by atoms with E-state index in [2.05, 4.69) is 9.97 Å². The van der Waals surface area contributed by atoms with Crippen molar-refractivity contribution >= 4 is 17.5 Å². The molecule has 20 heavy (non-hydrogen) atoms. The second kappa shape index (κ2) is 5.59. The molecule has 3 heterocycles. The Kier molecular flexibility index (Phi) is 3.65. The van der Waals surface area contributed by atoms with Gasteiger partial charge in [0.2, 0.25) is 0 Å². The number of rotatable bonds is 2. The maximum absolute atomic E-state index is 12.6. The molecule has 0 unspecified atom stereocenters. The molecule has 1 amide bonds. The average molecular weight is 288 g/mol. The first kappa shape index (κ1) is 13.1. The summed E-state index contributed by atoms with van der Waals surface area (Å²) in [6.45, 7) is 0.743. The molecule has 0 spiro atoms. The summed E-state index contributed by atoms with van der Waals surface area (Å²) in [7, 11) is 0. The molecule has 102 valence electrons. The van der Waals surface area contributed by atoms with Gasteiger partial charge in [0.05, 0.1) is 22.3 Å². The van der Waals surface area contributed by atoms with Crippen LogP contribution >= 0.6 is 11.6 Å². The van der Waals surface area contributed by atoms with E-state index in [1.165, 1.54) is 6.20 Å². The van der Waals surface area contributed by atoms with Gasteiger partial charge >= 0.3 is 0 Å². The number of carbonyl (C=O) groups is 1. The summed E-state index contributed by atoms with van der Waals surface area (Å²) in [6, 6.07) is 7.50. The van der Waals surface area contributed by atoms with Crippen molar-refractivity contribution in [3.8, 4) is 0 Å². The fraction of sp³-hybridized carbons (Fsp3) is 0.267. The third-order valence-corrected chi connectivity index (χ3v) is 3.70. The number of hydrogen-bond donors (Lipinski definition) is 0. The summed E-state index contributed by atoms with van der Waals surface area (Å²) < 4.78 is 0. The molecular formula is C15H14ClN3O. The first-order chi connectivity index (χ1) is 9.75. The van der Waals surface area contributed by atoms with Crippen molar-refractivity contribution in [2.75, 3.05) is 6.54 Å². The molecule has 0 N–H and O–H groups in total. The Morgan fingerprint density at radius 1 is 1.35 bits per heavy atom. The van der Waals surface area contributed by atoms with Crippen LogP contribution in [0.2, 0.25) is 5.02 Å². The lowest BCUT2D eigenvalue weighted by atomic mass is 10.1. The quantitative estimate of drug-likeness (QED) is 0.852. The SMILES string of the molecule is O=C(c1cncc(Cl)c1)N1CCC[C@@H]1c1ccccn1. The standard InChI is InChI=1S/C15H14ClN3O/c16-12-8-11(9-17-10-12)15(20)19-7-3-5-14(19)13-4-1-2-6-18-13/h1-2,4,6,8-10,14H,3,5,7H2/t14-/m1/s1. The van der Waals surface area contributed by atoms with Crippen molar-refractivity contribution in [2.24, 2.45) is 0 Å². The summed E-state index contributed by atoms with van der Waals surface area (Å²) in [5.41, 5.74) is 1.47. The van der Waals surface area contributed by atoms with Gasteiger partial charge in [0.1, 0.15) is 0 Å². The molecular weight excluding hydrogens is 274 g/mol. The van der Waals surface area contributed by atoms with Gasteiger partial charge in [0.25, 0.3) is 5.91 Å². The van der Waals surface area contributed by atoms with Crippen LogP contribution in [-0.4, -0.2) is 27.3 Å². The minimum absolute atomic E-state index is 0.0341. The van der Waals surface area contributed by atoms with Crippen LogP contribution in [0.3, 0.4) is 0 Å². The summed E-state index contributed by atoms with van der Waals surface area (Å²) in [4.78, 5) is 22.8. The number of hydrogen-bond acceptors (Lipinski definition) is 3. The molecule has 0 saturated carbocycles. The fourth-order valence-electron chi connectivity index (χ4n) is 2.59. The minimum atomic E-state index is -0.0341. The first-order valence-corrected chi connectivity index (χ1v) is 6.96. The molecule has 0 bridgehead atoms. The molecule has 0 aliphatic carbocycles. The lowest BCUT2D eigenvalue weighted by Gasteiger charge is -2.24. The summed E-state index contributed by atoms with van der Waals surface area (Å²) >= 11 is 5.90. The number of carbonyl (C=O) groups excluding carboxylic acids is 1. The van der Waals surface area contributed by atoms with Gasteiger partial charge in [-0.3, -0.25) is 14.8 Å². The number of nitrogens with zero attached hydrogens (tertiary/aromatic N) is 3.